The van der Waals surface area contributed by atoms with Gasteiger partial charge in [0.2, 0.25) is 0 Å². The highest BCUT2D eigenvalue weighted by molar-refractivity contribution is 5.31. The molecule has 0 atom stereocenters. The fraction of sp³-hybridized carbons (Fsp3) is 0.0769. The number of hydrogen-bond donors (Lipinski definition) is 1. The van der Waals surface area contributed by atoms with Gasteiger partial charge in [-0.2, -0.15) is 4.39 Å². The lowest BCUT2D eigenvalue weighted by Crippen LogP contribution is -1.95. The highest BCUT2D eigenvalue weighted by Gasteiger charge is 1.97. The summed E-state index contributed by atoms with van der Waals surface area (Å²) in [6.45, 7) is 0.497. The van der Waals surface area contributed by atoms with E-state index in [-0.39, 0.29) is 0 Å². The zero-order valence-corrected chi connectivity index (χ0v) is 8.53. The van der Waals surface area contributed by atoms with Crippen molar-refractivity contribution in [1.82, 2.24) is 0 Å². The molecule has 0 spiro atoms. The van der Waals surface area contributed by atoms with Gasteiger partial charge in [-0.3, -0.25) is 0 Å². The smallest absolute Gasteiger partial charge is 0.177 e. The molecular formula is C13H10FNO. The van der Waals surface area contributed by atoms with Crippen LogP contribution in [0.15, 0.2) is 36.4 Å². The lowest BCUT2D eigenvalue weighted by Gasteiger charge is -2.03. The van der Waals surface area contributed by atoms with E-state index in [1.54, 1.807) is 12.1 Å². The number of benzene rings is 1. The summed E-state index contributed by atoms with van der Waals surface area (Å²) in [5.41, 5.74) is 6.51. The maximum atomic E-state index is 12.6. The second-order valence-electron chi connectivity index (χ2n) is 3.25. The van der Waals surface area contributed by atoms with Crippen molar-refractivity contribution in [1.29, 1.82) is 0 Å². The second kappa shape index (κ2) is 4.65. The first-order valence-corrected chi connectivity index (χ1v) is 4.84. The SMILES string of the molecule is NCc1ccc(Oc2c#cc(F)cc2)cc1. The van der Waals surface area contributed by atoms with E-state index >= 15 is 0 Å². The summed E-state index contributed by atoms with van der Waals surface area (Å²) < 4.78 is 18.0. The molecule has 16 heavy (non-hydrogen) atoms. The van der Waals surface area contributed by atoms with Crippen LogP contribution >= 0.6 is 0 Å². The molecule has 2 aromatic rings. The van der Waals surface area contributed by atoms with Gasteiger partial charge in [-0.25, -0.2) is 0 Å². The van der Waals surface area contributed by atoms with Crippen molar-refractivity contribution in [2.75, 3.05) is 0 Å². The number of rotatable bonds is 3. The van der Waals surface area contributed by atoms with E-state index in [4.69, 9.17) is 10.5 Å². The third-order valence-electron chi connectivity index (χ3n) is 2.07. The Balaban J connectivity index is 2.11. The van der Waals surface area contributed by atoms with Gasteiger partial charge in [-0.05, 0) is 42.0 Å². The molecule has 2 N–H and O–H groups in total. The Kier molecular flexibility index (Phi) is 3.04. The highest BCUT2D eigenvalue weighted by Crippen LogP contribution is 2.19. The van der Waals surface area contributed by atoms with Gasteiger partial charge in [0.05, 0.1) is 0 Å². The van der Waals surface area contributed by atoms with Gasteiger partial charge in [-0.15, -0.1) is 0 Å². The highest BCUT2D eigenvalue weighted by atomic mass is 19.1. The lowest BCUT2D eigenvalue weighted by atomic mass is 10.2. The van der Waals surface area contributed by atoms with Gasteiger partial charge in [0, 0.05) is 6.54 Å². The van der Waals surface area contributed by atoms with Crippen LogP contribution in [-0.4, -0.2) is 0 Å². The third-order valence-corrected chi connectivity index (χ3v) is 2.07. The maximum absolute atomic E-state index is 12.6. The van der Waals surface area contributed by atoms with Crippen LogP contribution in [0.1, 0.15) is 5.56 Å². The predicted octanol–water partition coefficient (Wildman–Crippen LogP) is 2.68. The van der Waals surface area contributed by atoms with Crippen molar-refractivity contribution >= 4 is 0 Å². The van der Waals surface area contributed by atoms with Crippen molar-refractivity contribution in [3.63, 3.8) is 0 Å². The third kappa shape index (κ3) is 2.50. The Labute approximate surface area is 93.5 Å². The maximum Gasteiger partial charge on any atom is 0.177 e. The molecule has 0 aliphatic rings. The van der Waals surface area contributed by atoms with Crippen LogP contribution in [0.5, 0.6) is 11.5 Å². The average molecular weight is 215 g/mol. The van der Waals surface area contributed by atoms with E-state index in [0.29, 0.717) is 18.0 Å². The van der Waals surface area contributed by atoms with Crippen molar-refractivity contribution in [3.05, 3.63) is 59.9 Å². The Morgan fingerprint density at radius 1 is 1.06 bits per heavy atom. The van der Waals surface area contributed by atoms with Gasteiger partial charge in [0.1, 0.15) is 5.75 Å². The van der Waals surface area contributed by atoms with Crippen molar-refractivity contribution < 1.29 is 9.13 Å². The summed E-state index contributed by atoms with van der Waals surface area (Å²) in [6.07, 6.45) is 0. The van der Waals surface area contributed by atoms with Crippen LogP contribution < -0.4 is 10.5 Å². The van der Waals surface area contributed by atoms with Crippen LogP contribution in [-0.2, 0) is 6.54 Å². The van der Waals surface area contributed by atoms with Crippen molar-refractivity contribution in [2.45, 2.75) is 6.54 Å². The molecule has 0 aliphatic heterocycles. The zero-order chi connectivity index (χ0) is 11.4. The summed E-state index contributed by atoms with van der Waals surface area (Å²) in [5, 5.41) is 0. The minimum Gasteiger partial charge on any atom is -0.448 e. The monoisotopic (exact) mass is 215 g/mol. The number of halogens is 1. The van der Waals surface area contributed by atoms with Crippen LogP contribution in [0.3, 0.4) is 0 Å². The van der Waals surface area contributed by atoms with E-state index in [2.05, 4.69) is 12.1 Å². The van der Waals surface area contributed by atoms with Gasteiger partial charge >= 0.3 is 0 Å². The minimum atomic E-state index is -0.453. The summed E-state index contributed by atoms with van der Waals surface area (Å²) >= 11 is 0. The summed E-state index contributed by atoms with van der Waals surface area (Å²) in [5.74, 6) is 0.640. The topological polar surface area (TPSA) is 35.2 Å². The van der Waals surface area contributed by atoms with E-state index in [1.807, 2.05) is 12.1 Å². The van der Waals surface area contributed by atoms with Gasteiger partial charge in [-0.1, -0.05) is 12.1 Å². The summed E-state index contributed by atoms with van der Waals surface area (Å²) in [6, 6.07) is 15.0. The van der Waals surface area contributed by atoms with E-state index in [1.165, 1.54) is 12.1 Å². The molecule has 0 bridgehead atoms. The molecule has 80 valence electrons. The quantitative estimate of drug-likeness (QED) is 0.854. The first-order chi connectivity index (χ1) is 7.78. The normalized spacial score (nSPS) is 9.62. The molecule has 0 saturated heterocycles. The lowest BCUT2D eigenvalue weighted by molar-refractivity contribution is 0.481. The fourth-order valence-electron chi connectivity index (χ4n) is 1.23. The standard InChI is InChI=1S/C13H10FNO/c14-11-3-7-13(8-4-11)16-12-5-1-10(9-15)2-6-12/h1-3,5-7H,9,15H2. The molecule has 2 rings (SSSR count). The van der Waals surface area contributed by atoms with Crippen molar-refractivity contribution in [3.8, 4) is 11.5 Å². The van der Waals surface area contributed by atoms with E-state index in [0.717, 1.165) is 5.56 Å². The van der Waals surface area contributed by atoms with Crippen LogP contribution in [0.2, 0.25) is 0 Å². The largest absolute Gasteiger partial charge is 0.448 e. The van der Waals surface area contributed by atoms with Gasteiger partial charge in [0.25, 0.3) is 0 Å². The molecular weight excluding hydrogens is 205 g/mol. The molecule has 0 unspecified atom stereocenters. The molecule has 0 amide bonds. The second-order valence-corrected chi connectivity index (χ2v) is 3.25. The van der Waals surface area contributed by atoms with Crippen LogP contribution in [0, 0.1) is 17.9 Å². The number of nitrogens with two attached hydrogens (primary N) is 1. The summed E-state index contributed by atoms with van der Waals surface area (Å²) in [7, 11) is 0. The molecule has 0 fully saturated rings. The first kappa shape index (κ1) is 10.5. The number of hydrogen-bond acceptors (Lipinski definition) is 2. The minimum absolute atomic E-state index is 0.432. The molecule has 2 nitrogen and oxygen atoms in total. The van der Waals surface area contributed by atoms with Gasteiger partial charge in [0.15, 0.2) is 11.6 Å². The van der Waals surface area contributed by atoms with E-state index in [9.17, 15) is 4.39 Å². The van der Waals surface area contributed by atoms with Crippen molar-refractivity contribution in [2.24, 2.45) is 5.73 Å². The Morgan fingerprint density at radius 2 is 1.81 bits per heavy atom. The van der Waals surface area contributed by atoms with E-state index < -0.39 is 5.82 Å². The molecule has 2 aromatic carbocycles. The Hall–Kier alpha value is -2.05. The molecule has 0 aliphatic carbocycles. The average Bonchev–Trinajstić information content (AvgIpc) is 2.33. The molecule has 0 radical (unpaired) electrons. The molecule has 3 heteroatoms. The molecule has 0 aromatic heterocycles. The van der Waals surface area contributed by atoms with Crippen LogP contribution in [0.25, 0.3) is 0 Å². The van der Waals surface area contributed by atoms with Gasteiger partial charge < -0.3 is 10.5 Å². The zero-order valence-electron chi connectivity index (χ0n) is 8.53. The Morgan fingerprint density at radius 3 is 2.38 bits per heavy atom. The van der Waals surface area contributed by atoms with Crippen LogP contribution in [0.4, 0.5) is 4.39 Å². The molecule has 0 saturated carbocycles. The number of ether oxygens (including phenoxy) is 1. The fourth-order valence-corrected chi connectivity index (χ4v) is 1.23. The predicted molar refractivity (Wildman–Crippen MR) is 58.5 cm³/mol. The Bertz CT molecular complexity index is 450. The molecule has 0 heterocycles. The summed E-state index contributed by atoms with van der Waals surface area (Å²) in [4.78, 5) is 0. The first-order valence-electron chi connectivity index (χ1n) is 4.84.